The van der Waals surface area contributed by atoms with Gasteiger partial charge >= 0.3 is 0 Å². The number of halogens is 2. The molecule has 8 nitrogen and oxygen atoms in total. The van der Waals surface area contributed by atoms with E-state index in [0.29, 0.717) is 28.9 Å². The van der Waals surface area contributed by atoms with Crippen molar-refractivity contribution in [3.05, 3.63) is 70.3 Å². The van der Waals surface area contributed by atoms with Crippen LogP contribution >= 0.6 is 23.2 Å². The number of fused-ring (bicyclic) bond motifs is 1. The van der Waals surface area contributed by atoms with Gasteiger partial charge in [0.1, 0.15) is 23.4 Å². The Kier molecular flexibility index (Phi) is 5.87. The highest BCUT2D eigenvalue weighted by Crippen LogP contribution is 2.42. The van der Waals surface area contributed by atoms with Crippen LogP contribution in [0, 0.1) is 5.41 Å². The van der Waals surface area contributed by atoms with E-state index < -0.39 is 10.0 Å². The average molecular weight is 558 g/mol. The average Bonchev–Trinajstić information content (AvgIpc) is 3.20. The Labute approximate surface area is 225 Å². The SMILES string of the molecule is CC(Oc1ccc2[nH]nc(-c3ccc(N4CC5(C4)CN(S(C)(=O)=O)C5)nc3)c2c1)c1c(Cl)cccc1Cl. The molecule has 1 atom stereocenters. The number of H-pyrrole nitrogens is 1. The van der Waals surface area contributed by atoms with E-state index in [2.05, 4.69) is 20.1 Å². The molecule has 2 aliphatic heterocycles. The van der Waals surface area contributed by atoms with Gasteiger partial charge < -0.3 is 9.64 Å². The summed E-state index contributed by atoms with van der Waals surface area (Å²) in [5.74, 6) is 1.55. The van der Waals surface area contributed by atoms with Gasteiger partial charge in [0.2, 0.25) is 10.0 Å². The summed E-state index contributed by atoms with van der Waals surface area (Å²) in [6, 6.07) is 15.2. The van der Waals surface area contributed by atoms with E-state index in [9.17, 15) is 8.42 Å². The van der Waals surface area contributed by atoms with Gasteiger partial charge in [-0.3, -0.25) is 5.10 Å². The number of aromatic nitrogens is 3. The lowest BCUT2D eigenvalue weighted by molar-refractivity contribution is 0.0395. The zero-order chi connectivity index (χ0) is 25.9. The molecular weight excluding hydrogens is 533 g/mol. The number of ether oxygens (including phenoxy) is 1. The molecule has 4 heterocycles. The molecule has 2 fully saturated rings. The zero-order valence-electron chi connectivity index (χ0n) is 20.3. The van der Waals surface area contributed by atoms with Crippen LogP contribution < -0.4 is 9.64 Å². The van der Waals surface area contributed by atoms with Crippen LogP contribution in [0.4, 0.5) is 5.82 Å². The predicted molar refractivity (Wildman–Crippen MR) is 146 cm³/mol. The number of pyridine rings is 1. The lowest BCUT2D eigenvalue weighted by Gasteiger charge is -2.59. The van der Waals surface area contributed by atoms with Crippen LogP contribution in [0.15, 0.2) is 54.7 Å². The molecule has 1 spiro atoms. The summed E-state index contributed by atoms with van der Waals surface area (Å²) in [7, 11) is -3.10. The number of benzene rings is 2. The fourth-order valence-electron chi connectivity index (χ4n) is 5.22. The van der Waals surface area contributed by atoms with Crippen LogP contribution in [-0.4, -0.2) is 60.3 Å². The first-order valence-electron chi connectivity index (χ1n) is 11.9. The Balaban J connectivity index is 1.18. The van der Waals surface area contributed by atoms with Gasteiger partial charge in [0.15, 0.2) is 0 Å². The second-order valence-corrected chi connectivity index (χ2v) is 12.8. The topological polar surface area (TPSA) is 91.4 Å². The number of nitrogens with zero attached hydrogens (tertiary/aromatic N) is 4. The second kappa shape index (κ2) is 8.87. The van der Waals surface area contributed by atoms with Crippen LogP contribution in [0.2, 0.25) is 10.0 Å². The molecule has 2 aromatic carbocycles. The maximum absolute atomic E-state index is 11.7. The maximum atomic E-state index is 11.7. The third-order valence-electron chi connectivity index (χ3n) is 7.14. The molecular formula is C26H25Cl2N5O3S. The third-order valence-corrected chi connectivity index (χ3v) is 9.00. The number of hydrogen-bond acceptors (Lipinski definition) is 6. The van der Waals surface area contributed by atoms with E-state index in [1.165, 1.54) is 10.6 Å². The first-order valence-corrected chi connectivity index (χ1v) is 14.5. The first kappa shape index (κ1) is 24.5. The fraction of sp³-hybridized carbons (Fsp3) is 0.308. The number of hydrogen-bond donors (Lipinski definition) is 1. The molecule has 2 aliphatic rings. The van der Waals surface area contributed by atoms with Crippen LogP contribution in [0.5, 0.6) is 5.75 Å². The number of sulfonamides is 1. The lowest BCUT2D eigenvalue weighted by atomic mass is 9.74. The van der Waals surface area contributed by atoms with E-state index in [4.69, 9.17) is 27.9 Å². The van der Waals surface area contributed by atoms with Crippen molar-refractivity contribution in [2.24, 2.45) is 5.41 Å². The molecule has 1 N–H and O–H groups in total. The normalized spacial score (nSPS) is 18.0. The van der Waals surface area contributed by atoms with Crippen molar-refractivity contribution in [1.29, 1.82) is 0 Å². The van der Waals surface area contributed by atoms with Gasteiger partial charge in [0.25, 0.3) is 0 Å². The molecule has 2 saturated heterocycles. The zero-order valence-corrected chi connectivity index (χ0v) is 22.6. The summed E-state index contributed by atoms with van der Waals surface area (Å²) in [6.45, 7) is 4.71. The quantitative estimate of drug-likeness (QED) is 0.352. The van der Waals surface area contributed by atoms with E-state index in [0.717, 1.165) is 46.6 Å². The Morgan fingerprint density at radius 1 is 1.05 bits per heavy atom. The van der Waals surface area contributed by atoms with Gasteiger partial charge in [-0.1, -0.05) is 29.3 Å². The summed E-state index contributed by atoms with van der Waals surface area (Å²) in [5, 5.41) is 9.65. The summed E-state index contributed by atoms with van der Waals surface area (Å²) >= 11 is 12.7. The van der Waals surface area contributed by atoms with Crippen molar-refractivity contribution in [3.8, 4) is 17.0 Å². The number of nitrogens with one attached hydrogen (secondary N) is 1. The molecule has 0 bridgehead atoms. The van der Waals surface area contributed by atoms with Crippen molar-refractivity contribution in [2.75, 3.05) is 37.3 Å². The fourth-order valence-corrected chi connectivity index (χ4v) is 6.95. The molecule has 192 valence electrons. The molecule has 6 rings (SSSR count). The van der Waals surface area contributed by atoms with Crippen molar-refractivity contribution in [3.63, 3.8) is 0 Å². The Morgan fingerprint density at radius 2 is 1.78 bits per heavy atom. The van der Waals surface area contributed by atoms with Crippen molar-refractivity contribution < 1.29 is 13.2 Å². The molecule has 1 unspecified atom stereocenters. The summed E-state index contributed by atoms with van der Waals surface area (Å²) in [5.41, 5.74) is 3.36. The minimum Gasteiger partial charge on any atom is -0.486 e. The standard InChI is InChI=1S/C26H25Cl2N5O3S/c1-16(24-20(27)4-3-5-21(24)28)36-18-7-8-22-19(10-18)25(31-30-22)17-6-9-23(29-11-17)32-12-26(13-32)14-33(15-26)37(2,34)35/h3-11,16H,12-15H2,1-2H3,(H,30,31). The molecule has 0 radical (unpaired) electrons. The van der Waals surface area contributed by atoms with Gasteiger partial charge in [-0.05, 0) is 49.4 Å². The minimum atomic E-state index is -3.10. The third kappa shape index (κ3) is 4.44. The number of rotatable bonds is 6. The smallest absolute Gasteiger partial charge is 0.211 e. The summed E-state index contributed by atoms with van der Waals surface area (Å²) in [4.78, 5) is 6.84. The van der Waals surface area contributed by atoms with E-state index >= 15 is 0 Å². The van der Waals surface area contributed by atoms with Gasteiger partial charge in [-0.15, -0.1) is 0 Å². The highest BCUT2D eigenvalue weighted by Gasteiger charge is 2.54. The number of aromatic amines is 1. The minimum absolute atomic E-state index is 0.0591. The lowest BCUT2D eigenvalue weighted by Crippen LogP contribution is -2.73. The second-order valence-electron chi connectivity index (χ2n) is 9.97. The van der Waals surface area contributed by atoms with Crippen molar-refractivity contribution in [2.45, 2.75) is 13.0 Å². The molecule has 0 saturated carbocycles. The Hall–Kier alpha value is -2.85. The van der Waals surface area contributed by atoms with Crippen molar-refractivity contribution in [1.82, 2.24) is 19.5 Å². The largest absolute Gasteiger partial charge is 0.486 e. The Bertz CT molecular complexity index is 1570. The van der Waals surface area contributed by atoms with E-state index in [1.54, 1.807) is 12.1 Å². The molecule has 11 heteroatoms. The molecule has 0 amide bonds. The van der Waals surface area contributed by atoms with E-state index in [-0.39, 0.29) is 11.5 Å². The van der Waals surface area contributed by atoms with Gasteiger partial charge in [0.05, 0.1) is 11.8 Å². The van der Waals surface area contributed by atoms with E-state index in [1.807, 2.05) is 49.5 Å². The maximum Gasteiger partial charge on any atom is 0.211 e. The molecule has 0 aliphatic carbocycles. The van der Waals surface area contributed by atoms with Gasteiger partial charge in [-0.2, -0.15) is 5.10 Å². The first-order chi connectivity index (χ1) is 17.6. The van der Waals surface area contributed by atoms with Crippen LogP contribution in [0.1, 0.15) is 18.6 Å². The van der Waals surface area contributed by atoms with Crippen LogP contribution in [-0.2, 0) is 10.0 Å². The highest BCUT2D eigenvalue weighted by atomic mass is 35.5. The van der Waals surface area contributed by atoms with Crippen LogP contribution in [0.3, 0.4) is 0 Å². The molecule has 2 aromatic heterocycles. The monoisotopic (exact) mass is 557 g/mol. The molecule has 4 aromatic rings. The number of anilines is 1. The van der Waals surface area contributed by atoms with Crippen LogP contribution in [0.25, 0.3) is 22.2 Å². The highest BCUT2D eigenvalue weighted by molar-refractivity contribution is 7.88. The predicted octanol–water partition coefficient (Wildman–Crippen LogP) is 5.15. The van der Waals surface area contributed by atoms with Gasteiger partial charge in [-0.25, -0.2) is 17.7 Å². The van der Waals surface area contributed by atoms with Gasteiger partial charge in [0, 0.05) is 64.3 Å². The van der Waals surface area contributed by atoms with Crippen molar-refractivity contribution >= 4 is 49.9 Å². The Morgan fingerprint density at radius 3 is 2.43 bits per heavy atom. The molecule has 37 heavy (non-hydrogen) atoms. The summed E-state index contributed by atoms with van der Waals surface area (Å²) < 4.78 is 31.1. The summed E-state index contributed by atoms with van der Waals surface area (Å²) in [6.07, 6.45) is 2.74.